The monoisotopic (exact) mass is 532 g/mol. The summed E-state index contributed by atoms with van der Waals surface area (Å²) in [4.78, 5) is 20.8. The minimum Gasteiger partial charge on any atom is -0.379 e. The van der Waals surface area contributed by atoms with Crippen LogP contribution in [0.5, 0.6) is 0 Å². The van der Waals surface area contributed by atoms with E-state index in [9.17, 15) is 0 Å². The Morgan fingerprint density at radius 1 is 0.795 bits per heavy atom. The van der Waals surface area contributed by atoms with E-state index in [1.165, 1.54) is 0 Å². The van der Waals surface area contributed by atoms with Crippen LogP contribution in [0.15, 0.2) is 48.5 Å². The summed E-state index contributed by atoms with van der Waals surface area (Å²) < 4.78 is 13.3. The SMILES string of the molecule is c1ccc2[nH]c(N(CCCN3CCOCC3)Cn3c(NCCCN4CCOCC4)nc4ccccc43)nc2c1. The van der Waals surface area contributed by atoms with Crippen molar-refractivity contribution < 1.29 is 9.47 Å². The summed E-state index contributed by atoms with van der Waals surface area (Å²) in [5, 5.41) is 3.65. The highest BCUT2D eigenvalue weighted by Crippen LogP contribution is 2.24. The second-order valence-electron chi connectivity index (χ2n) is 10.4. The van der Waals surface area contributed by atoms with Crippen LogP contribution in [-0.4, -0.2) is 108 Å². The zero-order valence-electron chi connectivity index (χ0n) is 22.7. The third-order valence-corrected chi connectivity index (χ3v) is 7.69. The van der Waals surface area contributed by atoms with E-state index in [1.807, 2.05) is 6.07 Å². The van der Waals surface area contributed by atoms with Crippen molar-refractivity contribution in [2.75, 3.05) is 89.0 Å². The molecule has 2 N–H and O–H groups in total. The molecule has 6 rings (SSSR count). The average Bonchev–Trinajstić information content (AvgIpc) is 3.57. The molecule has 0 amide bonds. The number of para-hydroxylation sites is 4. The molecule has 2 aliphatic heterocycles. The van der Waals surface area contributed by atoms with Gasteiger partial charge in [-0.1, -0.05) is 24.3 Å². The zero-order valence-corrected chi connectivity index (χ0v) is 22.7. The molecule has 39 heavy (non-hydrogen) atoms. The molecule has 2 saturated heterocycles. The van der Waals surface area contributed by atoms with E-state index >= 15 is 0 Å². The van der Waals surface area contributed by atoms with E-state index in [4.69, 9.17) is 19.4 Å². The predicted octanol–water partition coefficient (Wildman–Crippen LogP) is 3.23. The number of benzene rings is 2. The van der Waals surface area contributed by atoms with E-state index in [2.05, 4.69) is 72.0 Å². The van der Waals surface area contributed by atoms with Gasteiger partial charge in [0.1, 0.15) is 6.67 Å². The molecular formula is C29H40N8O2. The summed E-state index contributed by atoms with van der Waals surface area (Å²) in [5.41, 5.74) is 4.18. The third kappa shape index (κ3) is 6.52. The molecule has 10 heteroatoms. The lowest BCUT2D eigenvalue weighted by Gasteiger charge is -2.29. The summed E-state index contributed by atoms with van der Waals surface area (Å²) in [5.74, 6) is 1.81. The Kier molecular flexibility index (Phi) is 8.54. The van der Waals surface area contributed by atoms with Crippen LogP contribution in [-0.2, 0) is 16.1 Å². The predicted molar refractivity (Wildman–Crippen MR) is 155 cm³/mol. The summed E-state index contributed by atoms with van der Waals surface area (Å²) >= 11 is 0. The second kappa shape index (κ2) is 12.8. The number of nitrogens with zero attached hydrogens (tertiary/aromatic N) is 6. The standard InChI is InChI=1S/C29H40N8O2/c1-2-8-25-24(7-1)31-29(32-25)36(14-6-13-35-17-21-39-22-18-35)23-37-27-10-4-3-9-26(27)33-28(37)30-11-5-12-34-15-19-38-20-16-34/h1-4,7-10H,5-6,11-23H2,(H,30,33)(H,31,32). The van der Waals surface area contributed by atoms with Crippen molar-refractivity contribution in [1.29, 1.82) is 0 Å². The first-order valence-electron chi connectivity index (χ1n) is 14.3. The Labute approximate surface area is 229 Å². The molecule has 0 aliphatic carbocycles. The number of hydrogen-bond acceptors (Lipinski definition) is 8. The van der Waals surface area contributed by atoms with Crippen molar-refractivity contribution in [3.63, 3.8) is 0 Å². The molecule has 0 unspecified atom stereocenters. The topological polar surface area (TPSA) is 86.7 Å². The number of H-pyrrole nitrogens is 1. The minimum absolute atomic E-state index is 0.662. The molecule has 4 heterocycles. The molecule has 2 fully saturated rings. The Hall–Kier alpha value is -3.18. The summed E-state index contributed by atoms with van der Waals surface area (Å²) in [7, 11) is 0. The van der Waals surface area contributed by atoms with Crippen LogP contribution < -0.4 is 10.2 Å². The van der Waals surface area contributed by atoms with Crippen LogP contribution in [0.3, 0.4) is 0 Å². The van der Waals surface area contributed by atoms with Crippen molar-refractivity contribution in [3.05, 3.63) is 48.5 Å². The van der Waals surface area contributed by atoms with Gasteiger partial charge in [-0.25, -0.2) is 9.97 Å². The van der Waals surface area contributed by atoms with E-state index in [0.29, 0.717) is 6.67 Å². The maximum absolute atomic E-state index is 5.54. The molecule has 0 spiro atoms. The quantitative estimate of drug-likeness (QED) is 0.269. The second-order valence-corrected chi connectivity index (χ2v) is 10.4. The number of ether oxygens (including phenoxy) is 2. The molecule has 4 aromatic rings. The van der Waals surface area contributed by atoms with Gasteiger partial charge < -0.3 is 24.7 Å². The van der Waals surface area contributed by atoms with Gasteiger partial charge >= 0.3 is 0 Å². The van der Waals surface area contributed by atoms with Crippen molar-refractivity contribution >= 4 is 34.0 Å². The lowest BCUT2D eigenvalue weighted by molar-refractivity contribution is 0.0376. The average molecular weight is 533 g/mol. The molecule has 2 aliphatic rings. The number of aromatic nitrogens is 4. The molecule has 0 radical (unpaired) electrons. The molecule has 2 aromatic carbocycles. The number of fused-ring (bicyclic) bond motifs is 2. The number of hydrogen-bond donors (Lipinski definition) is 2. The highest BCUT2D eigenvalue weighted by Gasteiger charge is 2.18. The van der Waals surface area contributed by atoms with Gasteiger partial charge in [0.05, 0.1) is 48.5 Å². The first kappa shape index (κ1) is 26.1. The van der Waals surface area contributed by atoms with E-state index in [0.717, 1.165) is 126 Å². The van der Waals surface area contributed by atoms with Crippen LogP contribution in [0.1, 0.15) is 12.8 Å². The van der Waals surface area contributed by atoms with Crippen molar-refractivity contribution in [2.24, 2.45) is 0 Å². The summed E-state index contributed by atoms with van der Waals surface area (Å²) in [6.45, 7) is 12.0. The van der Waals surface area contributed by atoms with Crippen molar-refractivity contribution in [1.82, 2.24) is 29.3 Å². The largest absolute Gasteiger partial charge is 0.379 e. The van der Waals surface area contributed by atoms with Crippen LogP contribution in [0, 0.1) is 0 Å². The Bertz CT molecular complexity index is 1290. The van der Waals surface area contributed by atoms with Crippen LogP contribution >= 0.6 is 0 Å². The summed E-state index contributed by atoms with van der Waals surface area (Å²) in [6, 6.07) is 16.6. The number of anilines is 2. The van der Waals surface area contributed by atoms with Crippen LogP contribution in [0.4, 0.5) is 11.9 Å². The van der Waals surface area contributed by atoms with Crippen molar-refractivity contribution in [3.8, 4) is 0 Å². The van der Waals surface area contributed by atoms with Gasteiger partial charge in [-0.2, -0.15) is 0 Å². The van der Waals surface area contributed by atoms with Gasteiger partial charge in [-0.15, -0.1) is 0 Å². The van der Waals surface area contributed by atoms with E-state index < -0.39 is 0 Å². The normalized spacial score (nSPS) is 17.2. The molecular weight excluding hydrogens is 492 g/mol. The molecule has 208 valence electrons. The summed E-state index contributed by atoms with van der Waals surface area (Å²) in [6.07, 6.45) is 2.11. The van der Waals surface area contributed by atoms with Gasteiger partial charge in [0, 0.05) is 45.8 Å². The first-order valence-corrected chi connectivity index (χ1v) is 14.3. The lowest BCUT2D eigenvalue weighted by Crippen LogP contribution is -2.38. The van der Waals surface area contributed by atoms with E-state index in [-0.39, 0.29) is 0 Å². The van der Waals surface area contributed by atoms with Crippen LogP contribution in [0.2, 0.25) is 0 Å². The highest BCUT2D eigenvalue weighted by molar-refractivity contribution is 5.79. The maximum Gasteiger partial charge on any atom is 0.205 e. The first-order chi connectivity index (χ1) is 19.3. The lowest BCUT2D eigenvalue weighted by atomic mass is 10.3. The fourth-order valence-corrected chi connectivity index (χ4v) is 5.49. The Balaban J connectivity index is 1.19. The van der Waals surface area contributed by atoms with Crippen molar-refractivity contribution in [2.45, 2.75) is 19.5 Å². The number of rotatable bonds is 12. The third-order valence-electron chi connectivity index (χ3n) is 7.69. The number of nitrogens with one attached hydrogen (secondary N) is 2. The molecule has 0 atom stereocenters. The maximum atomic E-state index is 5.54. The number of imidazole rings is 2. The Morgan fingerprint density at radius 3 is 2.21 bits per heavy atom. The number of morpholine rings is 2. The highest BCUT2D eigenvalue weighted by atomic mass is 16.5. The van der Waals surface area contributed by atoms with Gasteiger partial charge in [-0.05, 0) is 43.7 Å². The molecule has 0 bridgehead atoms. The smallest absolute Gasteiger partial charge is 0.205 e. The molecule has 0 saturated carbocycles. The zero-order chi connectivity index (χ0) is 26.3. The molecule has 2 aromatic heterocycles. The Morgan fingerprint density at radius 2 is 1.46 bits per heavy atom. The van der Waals surface area contributed by atoms with Gasteiger partial charge in [0.2, 0.25) is 11.9 Å². The van der Waals surface area contributed by atoms with Gasteiger partial charge in [-0.3, -0.25) is 14.4 Å². The van der Waals surface area contributed by atoms with Gasteiger partial charge in [0.25, 0.3) is 0 Å². The number of aromatic amines is 1. The van der Waals surface area contributed by atoms with E-state index in [1.54, 1.807) is 0 Å². The molecule has 10 nitrogen and oxygen atoms in total. The fourth-order valence-electron chi connectivity index (χ4n) is 5.49. The van der Waals surface area contributed by atoms with Crippen LogP contribution in [0.25, 0.3) is 22.1 Å². The van der Waals surface area contributed by atoms with Gasteiger partial charge in [0.15, 0.2) is 0 Å². The fraction of sp³-hybridized carbons (Fsp3) is 0.517. The minimum atomic E-state index is 0.662.